The van der Waals surface area contributed by atoms with Crippen molar-refractivity contribution in [3.8, 4) is 0 Å². The van der Waals surface area contributed by atoms with E-state index in [2.05, 4.69) is 22.0 Å². The third kappa shape index (κ3) is 1.90. The zero-order chi connectivity index (χ0) is 14.1. The summed E-state index contributed by atoms with van der Waals surface area (Å²) in [5.41, 5.74) is 1.63. The number of methoxy groups -OCH3 is 1. The van der Waals surface area contributed by atoms with Crippen LogP contribution < -0.4 is 0 Å². The van der Waals surface area contributed by atoms with Gasteiger partial charge >= 0.3 is 5.97 Å². The lowest BCUT2D eigenvalue weighted by Gasteiger charge is -2.14. The standard InChI is InChI=1S/C17H13BrO2/c1-20-17(19)16-14-9-5-4-7-12(14)11-6-2-3-8-13(11)15(16)10-18/h2-9H,10H2,1H3. The van der Waals surface area contributed by atoms with E-state index in [4.69, 9.17) is 4.74 Å². The van der Waals surface area contributed by atoms with Gasteiger partial charge in [-0.3, -0.25) is 0 Å². The molecule has 3 rings (SSSR count). The summed E-state index contributed by atoms with van der Waals surface area (Å²) in [4.78, 5) is 12.2. The Bertz CT molecular complexity index is 809. The fourth-order valence-corrected chi connectivity index (χ4v) is 3.27. The number of halogens is 1. The molecule has 0 aliphatic carbocycles. The lowest BCUT2D eigenvalue weighted by Crippen LogP contribution is -2.06. The van der Waals surface area contributed by atoms with Crippen LogP contribution in [0.15, 0.2) is 48.5 Å². The first-order chi connectivity index (χ1) is 9.77. The molecule has 0 amide bonds. The molecule has 0 fully saturated rings. The number of benzene rings is 3. The van der Waals surface area contributed by atoms with Crippen LogP contribution in [0.4, 0.5) is 0 Å². The number of hydrogen-bond donors (Lipinski definition) is 0. The second-order valence-corrected chi connectivity index (χ2v) is 5.13. The second kappa shape index (κ2) is 5.25. The Morgan fingerprint density at radius 3 is 2.00 bits per heavy atom. The van der Waals surface area contributed by atoms with E-state index in [0.29, 0.717) is 10.9 Å². The molecule has 0 radical (unpaired) electrons. The molecule has 3 heteroatoms. The largest absolute Gasteiger partial charge is 0.465 e. The van der Waals surface area contributed by atoms with Crippen molar-refractivity contribution >= 4 is 43.4 Å². The predicted molar refractivity (Wildman–Crippen MR) is 85.4 cm³/mol. The molecule has 100 valence electrons. The van der Waals surface area contributed by atoms with Crippen LogP contribution in [-0.4, -0.2) is 13.1 Å². The predicted octanol–water partition coefficient (Wildman–Crippen LogP) is 4.67. The molecule has 0 aromatic heterocycles. The summed E-state index contributed by atoms with van der Waals surface area (Å²) in [5, 5.41) is 4.87. The van der Waals surface area contributed by atoms with Gasteiger partial charge < -0.3 is 4.74 Å². The number of carbonyl (C=O) groups excluding carboxylic acids is 1. The van der Waals surface area contributed by atoms with Crippen LogP contribution in [0.1, 0.15) is 15.9 Å². The van der Waals surface area contributed by atoms with E-state index in [1.807, 2.05) is 42.5 Å². The minimum Gasteiger partial charge on any atom is -0.465 e. The van der Waals surface area contributed by atoms with Crippen molar-refractivity contribution in [1.29, 1.82) is 0 Å². The van der Waals surface area contributed by atoms with Gasteiger partial charge in [0.1, 0.15) is 0 Å². The van der Waals surface area contributed by atoms with Crippen LogP contribution in [0.5, 0.6) is 0 Å². The highest BCUT2D eigenvalue weighted by Gasteiger charge is 2.19. The highest BCUT2D eigenvalue weighted by Crippen LogP contribution is 2.34. The van der Waals surface area contributed by atoms with Gasteiger partial charge in [-0.1, -0.05) is 64.5 Å². The van der Waals surface area contributed by atoms with Gasteiger partial charge in [0, 0.05) is 5.33 Å². The van der Waals surface area contributed by atoms with E-state index in [9.17, 15) is 4.79 Å². The van der Waals surface area contributed by atoms with Gasteiger partial charge in [-0.15, -0.1) is 0 Å². The number of alkyl halides is 1. The number of fused-ring (bicyclic) bond motifs is 3. The van der Waals surface area contributed by atoms with Crippen molar-refractivity contribution in [1.82, 2.24) is 0 Å². The Balaban J connectivity index is 2.59. The second-order valence-electron chi connectivity index (χ2n) is 4.57. The minimum absolute atomic E-state index is 0.290. The summed E-state index contributed by atoms with van der Waals surface area (Å²) in [6.07, 6.45) is 0. The molecule has 2 nitrogen and oxygen atoms in total. The monoisotopic (exact) mass is 328 g/mol. The van der Waals surface area contributed by atoms with Gasteiger partial charge in [-0.05, 0) is 27.1 Å². The normalized spacial score (nSPS) is 10.9. The Morgan fingerprint density at radius 2 is 1.45 bits per heavy atom. The van der Waals surface area contributed by atoms with Gasteiger partial charge in [-0.2, -0.15) is 0 Å². The van der Waals surface area contributed by atoms with E-state index in [-0.39, 0.29) is 5.97 Å². The molecule has 0 bridgehead atoms. The summed E-state index contributed by atoms with van der Waals surface area (Å²) >= 11 is 3.50. The maximum absolute atomic E-state index is 12.2. The number of rotatable bonds is 2. The lowest BCUT2D eigenvalue weighted by atomic mass is 9.92. The molecule has 0 spiro atoms. The van der Waals surface area contributed by atoms with E-state index < -0.39 is 0 Å². The fourth-order valence-electron chi connectivity index (χ4n) is 2.69. The van der Waals surface area contributed by atoms with Crippen molar-refractivity contribution in [3.63, 3.8) is 0 Å². The molecule has 0 unspecified atom stereocenters. The Kier molecular flexibility index (Phi) is 3.45. The van der Waals surface area contributed by atoms with Gasteiger partial charge in [0.2, 0.25) is 0 Å². The van der Waals surface area contributed by atoms with Crippen molar-refractivity contribution in [2.24, 2.45) is 0 Å². The highest BCUT2D eigenvalue weighted by molar-refractivity contribution is 9.08. The van der Waals surface area contributed by atoms with Crippen LogP contribution in [0.3, 0.4) is 0 Å². The molecule has 20 heavy (non-hydrogen) atoms. The molecule has 0 heterocycles. The summed E-state index contributed by atoms with van der Waals surface area (Å²) in [5.74, 6) is -0.290. The van der Waals surface area contributed by atoms with Crippen LogP contribution in [0, 0.1) is 0 Å². The molecule has 0 aliphatic heterocycles. The zero-order valence-electron chi connectivity index (χ0n) is 11.0. The molecular weight excluding hydrogens is 316 g/mol. The number of hydrogen-bond acceptors (Lipinski definition) is 2. The molecule has 0 saturated heterocycles. The molecule has 0 aliphatic rings. The third-order valence-corrected chi connectivity index (χ3v) is 4.12. The minimum atomic E-state index is -0.290. The van der Waals surface area contributed by atoms with Crippen molar-refractivity contribution in [2.45, 2.75) is 5.33 Å². The topological polar surface area (TPSA) is 26.3 Å². The van der Waals surface area contributed by atoms with Crippen LogP contribution in [0.25, 0.3) is 21.5 Å². The van der Waals surface area contributed by atoms with Crippen LogP contribution in [-0.2, 0) is 10.1 Å². The highest BCUT2D eigenvalue weighted by atomic mass is 79.9. The Hall–Kier alpha value is -1.87. The molecular formula is C17H13BrO2. The quantitative estimate of drug-likeness (QED) is 0.388. The molecule has 3 aromatic carbocycles. The van der Waals surface area contributed by atoms with E-state index in [1.165, 1.54) is 7.11 Å². The first kappa shape index (κ1) is 13.1. The van der Waals surface area contributed by atoms with E-state index in [0.717, 1.165) is 27.1 Å². The SMILES string of the molecule is COC(=O)c1c(CBr)c2ccccc2c2ccccc12. The fraction of sp³-hybridized carbons (Fsp3) is 0.118. The molecule has 0 N–H and O–H groups in total. The van der Waals surface area contributed by atoms with Gasteiger partial charge in [0.05, 0.1) is 12.7 Å². The molecule has 0 atom stereocenters. The van der Waals surface area contributed by atoms with E-state index in [1.54, 1.807) is 0 Å². The maximum atomic E-state index is 12.2. The number of esters is 1. The van der Waals surface area contributed by atoms with Gasteiger partial charge in [0.25, 0.3) is 0 Å². The summed E-state index contributed by atoms with van der Waals surface area (Å²) in [6, 6.07) is 16.1. The summed E-state index contributed by atoms with van der Waals surface area (Å²) in [7, 11) is 1.42. The first-order valence-electron chi connectivity index (χ1n) is 6.34. The average Bonchev–Trinajstić information content (AvgIpc) is 2.52. The van der Waals surface area contributed by atoms with Crippen LogP contribution in [0.2, 0.25) is 0 Å². The maximum Gasteiger partial charge on any atom is 0.338 e. The Morgan fingerprint density at radius 1 is 0.950 bits per heavy atom. The van der Waals surface area contributed by atoms with Crippen molar-refractivity contribution < 1.29 is 9.53 Å². The van der Waals surface area contributed by atoms with Gasteiger partial charge in [0.15, 0.2) is 0 Å². The van der Waals surface area contributed by atoms with Gasteiger partial charge in [-0.25, -0.2) is 4.79 Å². The average molecular weight is 329 g/mol. The summed E-state index contributed by atoms with van der Waals surface area (Å²) < 4.78 is 4.98. The van der Waals surface area contributed by atoms with E-state index >= 15 is 0 Å². The number of carbonyl (C=O) groups is 1. The molecule has 3 aromatic rings. The Labute approximate surface area is 125 Å². The van der Waals surface area contributed by atoms with Crippen molar-refractivity contribution in [2.75, 3.05) is 7.11 Å². The lowest BCUT2D eigenvalue weighted by molar-refractivity contribution is 0.0602. The van der Waals surface area contributed by atoms with Crippen molar-refractivity contribution in [3.05, 3.63) is 59.7 Å². The zero-order valence-corrected chi connectivity index (χ0v) is 12.6. The smallest absolute Gasteiger partial charge is 0.338 e. The summed E-state index contributed by atoms with van der Waals surface area (Å²) in [6.45, 7) is 0. The van der Waals surface area contributed by atoms with Crippen LogP contribution >= 0.6 is 15.9 Å². The number of ether oxygens (including phenoxy) is 1. The third-order valence-electron chi connectivity index (χ3n) is 3.56. The molecule has 0 saturated carbocycles. The first-order valence-corrected chi connectivity index (χ1v) is 7.46.